The fourth-order valence-corrected chi connectivity index (χ4v) is 5.36. The van der Waals surface area contributed by atoms with Crippen LogP contribution < -0.4 is 10.6 Å². The van der Waals surface area contributed by atoms with Crippen LogP contribution in [0.4, 0.5) is 10.2 Å². The van der Waals surface area contributed by atoms with Crippen molar-refractivity contribution in [2.45, 2.75) is 53.2 Å². The molecule has 1 saturated heterocycles. The summed E-state index contributed by atoms with van der Waals surface area (Å²) in [6.07, 6.45) is 4.57. The van der Waals surface area contributed by atoms with E-state index in [0.29, 0.717) is 29.9 Å². The van der Waals surface area contributed by atoms with Crippen molar-refractivity contribution in [2.75, 3.05) is 18.0 Å². The van der Waals surface area contributed by atoms with E-state index in [4.69, 9.17) is 22.0 Å². The third-order valence-corrected chi connectivity index (χ3v) is 7.48. The number of allylic oxidation sites excluding steroid dienone is 2. The molecule has 11 heteroatoms. The molecule has 0 spiro atoms. The van der Waals surface area contributed by atoms with Gasteiger partial charge in [-0.3, -0.25) is 14.8 Å². The molecule has 1 fully saturated rings. The van der Waals surface area contributed by atoms with Gasteiger partial charge in [-0.05, 0) is 51.1 Å². The summed E-state index contributed by atoms with van der Waals surface area (Å²) in [5.74, 6) is -0.00165. The molecule has 9 nitrogen and oxygen atoms in total. The van der Waals surface area contributed by atoms with Gasteiger partial charge in [0.1, 0.15) is 23.1 Å². The molecule has 2 aromatic heterocycles. The van der Waals surface area contributed by atoms with Gasteiger partial charge in [-0.15, -0.1) is 0 Å². The van der Waals surface area contributed by atoms with E-state index in [1.807, 2.05) is 39.5 Å². The van der Waals surface area contributed by atoms with Gasteiger partial charge < -0.3 is 9.80 Å². The third kappa shape index (κ3) is 6.33. The highest BCUT2D eigenvalue weighted by atomic mass is 35.5. The highest BCUT2D eigenvalue weighted by molar-refractivity contribution is 6.33. The fourth-order valence-electron chi connectivity index (χ4n) is 5.11. The van der Waals surface area contributed by atoms with Crippen molar-refractivity contribution >= 4 is 46.4 Å². The average Bonchev–Trinajstić information content (AvgIpc) is 2.94. The SMILES string of the molecule is C=CC(=O)N1[C@H](C)CN(c2nc(=O)n(C/C(C)=C\C=N/C(=N)C(C)C)c3nc(-c4ccccc4F)c(Cl)cc23)C[C@@H]1C. The lowest BCUT2D eigenvalue weighted by molar-refractivity contribution is -0.130. The first kappa shape index (κ1) is 30.8. The van der Waals surface area contributed by atoms with Crippen molar-refractivity contribution in [3.63, 3.8) is 0 Å². The molecule has 3 aromatic rings. The van der Waals surface area contributed by atoms with Gasteiger partial charge in [0, 0.05) is 42.9 Å². The molecule has 2 atom stereocenters. The number of rotatable bonds is 7. The number of piperazine rings is 1. The van der Waals surface area contributed by atoms with E-state index in [1.165, 1.54) is 22.9 Å². The van der Waals surface area contributed by atoms with Gasteiger partial charge in [0.05, 0.1) is 22.6 Å². The Morgan fingerprint density at radius 2 is 1.90 bits per heavy atom. The molecule has 0 bridgehead atoms. The van der Waals surface area contributed by atoms with Crippen LogP contribution >= 0.6 is 11.6 Å². The zero-order valence-electron chi connectivity index (χ0n) is 24.4. The number of halogens is 2. The van der Waals surface area contributed by atoms with Crippen molar-refractivity contribution in [2.24, 2.45) is 10.9 Å². The molecule has 3 heterocycles. The molecular weight excluding hydrogens is 557 g/mol. The van der Waals surface area contributed by atoms with Gasteiger partial charge in [0.15, 0.2) is 0 Å². The molecule has 0 saturated carbocycles. The highest BCUT2D eigenvalue weighted by Crippen LogP contribution is 2.34. The summed E-state index contributed by atoms with van der Waals surface area (Å²) in [5, 5.41) is 8.66. The quantitative estimate of drug-likeness (QED) is 0.221. The molecule has 0 aliphatic carbocycles. The van der Waals surface area contributed by atoms with Crippen LogP contribution in [0.2, 0.25) is 5.02 Å². The van der Waals surface area contributed by atoms with Crippen molar-refractivity contribution in [1.82, 2.24) is 19.4 Å². The average molecular weight is 592 g/mol. The Morgan fingerprint density at radius 3 is 2.52 bits per heavy atom. The molecule has 1 aliphatic rings. The van der Waals surface area contributed by atoms with Gasteiger partial charge >= 0.3 is 5.69 Å². The van der Waals surface area contributed by atoms with Crippen molar-refractivity contribution < 1.29 is 9.18 Å². The zero-order valence-corrected chi connectivity index (χ0v) is 25.2. The topological polar surface area (TPSA) is 108 Å². The molecule has 1 aliphatic heterocycles. The van der Waals surface area contributed by atoms with Crippen LogP contribution in [-0.2, 0) is 11.3 Å². The summed E-state index contributed by atoms with van der Waals surface area (Å²) in [5.41, 5.74) is 0.973. The first-order valence-corrected chi connectivity index (χ1v) is 14.1. The minimum absolute atomic E-state index is 0.00814. The first-order chi connectivity index (χ1) is 19.9. The third-order valence-electron chi connectivity index (χ3n) is 7.19. The maximum atomic E-state index is 14.8. The van der Waals surface area contributed by atoms with Crippen LogP contribution in [0.25, 0.3) is 22.3 Å². The Balaban J connectivity index is 1.86. The predicted molar refractivity (Wildman–Crippen MR) is 167 cm³/mol. The number of aromatic nitrogens is 3. The Labute approximate surface area is 249 Å². The number of carbonyl (C=O) groups is 1. The van der Waals surface area contributed by atoms with Crippen molar-refractivity contribution in [3.8, 4) is 11.3 Å². The standard InChI is InChI=1S/C31H35ClFN7O2/c1-7-26(41)40-20(5)16-38(17-21(40)6)29-23-14-24(32)27(22-10-8-9-11-25(22)33)36-30(23)39(31(42)37-29)15-19(4)12-13-35-28(34)18(2)3/h7-14,18,20-21,34H,1,15-17H2,2-6H3/b19-12-,34-28?,35-13-/t20-,21+. The van der Waals surface area contributed by atoms with E-state index in [9.17, 15) is 14.0 Å². The number of fused-ring (bicyclic) bond motifs is 1. The number of nitrogens with one attached hydrogen (secondary N) is 1. The van der Waals surface area contributed by atoms with Gasteiger partial charge in [-0.25, -0.2) is 19.2 Å². The fraction of sp³-hybridized carbons (Fsp3) is 0.355. The highest BCUT2D eigenvalue weighted by Gasteiger charge is 2.33. The monoisotopic (exact) mass is 591 g/mol. The van der Waals surface area contributed by atoms with Crippen LogP contribution in [-0.4, -0.2) is 62.6 Å². The molecule has 4 rings (SSSR count). The number of aliphatic imine (C=N–C) groups is 1. The number of nitrogens with zero attached hydrogens (tertiary/aromatic N) is 6. The minimum atomic E-state index is -0.531. The number of benzene rings is 1. The second-order valence-electron chi connectivity index (χ2n) is 10.9. The number of amides is 1. The maximum absolute atomic E-state index is 14.8. The molecular formula is C31H35ClFN7O2. The number of hydrogen-bond donors (Lipinski definition) is 1. The van der Waals surface area contributed by atoms with Gasteiger partial charge in [-0.2, -0.15) is 4.98 Å². The first-order valence-electron chi connectivity index (χ1n) is 13.8. The molecule has 0 unspecified atom stereocenters. The molecule has 0 radical (unpaired) electrons. The van der Waals surface area contributed by atoms with Crippen molar-refractivity contribution in [3.05, 3.63) is 76.0 Å². The predicted octanol–water partition coefficient (Wildman–Crippen LogP) is 5.51. The van der Waals surface area contributed by atoms with Crippen LogP contribution in [0, 0.1) is 17.1 Å². The summed E-state index contributed by atoms with van der Waals surface area (Å²) in [7, 11) is 0. The number of anilines is 1. The zero-order chi connectivity index (χ0) is 30.7. The molecule has 42 heavy (non-hydrogen) atoms. The Hall–Kier alpha value is -4.18. The maximum Gasteiger partial charge on any atom is 0.351 e. The summed E-state index contributed by atoms with van der Waals surface area (Å²) in [6, 6.07) is 7.52. The number of hydrogen-bond acceptors (Lipinski definition) is 6. The number of pyridine rings is 1. The lowest BCUT2D eigenvalue weighted by Gasteiger charge is -2.44. The van der Waals surface area contributed by atoms with Crippen LogP contribution in [0.1, 0.15) is 34.6 Å². The summed E-state index contributed by atoms with van der Waals surface area (Å²) in [4.78, 5) is 43.2. The van der Waals surface area contributed by atoms with E-state index in [0.717, 1.165) is 5.57 Å². The van der Waals surface area contributed by atoms with E-state index in [2.05, 4.69) is 16.6 Å². The smallest absolute Gasteiger partial charge is 0.351 e. The molecule has 1 aromatic carbocycles. The van der Waals surface area contributed by atoms with Crippen molar-refractivity contribution in [1.29, 1.82) is 5.41 Å². The Morgan fingerprint density at radius 1 is 1.24 bits per heavy atom. The Bertz CT molecular complexity index is 1650. The van der Waals surface area contributed by atoms with Gasteiger partial charge in [0.2, 0.25) is 5.91 Å². The second kappa shape index (κ2) is 12.8. The summed E-state index contributed by atoms with van der Waals surface area (Å²) >= 11 is 6.71. The summed E-state index contributed by atoms with van der Waals surface area (Å²) < 4.78 is 16.3. The number of carbonyl (C=O) groups excluding carboxylic acids is 1. The van der Waals surface area contributed by atoms with E-state index < -0.39 is 11.5 Å². The second-order valence-corrected chi connectivity index (χ2v) is 11.3. The molecule has 220 valence electrons. The number of amidine groups is 1. The molecule has 1 amide bonds. The van der Waals surface area contributed by atoms with Gasteiger partial charge in [-0.1, -0.05) is 49.7 Å². The largest absolute Gasteiger partial charge is 0.352 e. The molecule has 1 N–H and O–H groups in total. The Kier molecular flexibility index (Phi) is 9.36. The van der Waals surface area contributed by atoms with E-state index in [-0.39, 0.29) is 52.6 Å². The van der Waals surface area contributed by atoms with Gasteiger partial charge in [0.25, 0.3) is 0 Å². The lowest BCUT2D eigenvalue weighted by Crippen LogP contribution is -2.58. The van der Waals surface area contributed by atoms with Crippen LogP contribution in [0.15, 0.2) is 64.4 Å². The lowest BCUT2D eigenvalue weighted by atomic mass is 10.1. The minimum Gasteiger partial charge on any atom is -0.352 e. The van der Waals surface area contributed by atoms with E-state index >= 15 is 0 Å². The normalized spacial score (nSPS) is 17.9. The van der Waals surface area contributed by atoms with Crippen LogP contribution in [0.3, 0.4) is 0 Å². The summed E-state index contributed by atoms with van der Waals surface area (Å²) in [6.45, 7) is 14.1. The van der Waals surface area contributed by atoms with E-state index in [1.54, 1.807) is 35.2 Å². The van der Waals surface area contributed by atoms with Crippen LogP contribution in [0.5, 0.6) is 0 Å².